The Bertz CT molecular complexity index is 508. The summed E-state index contributed by atoms with van der Waals surface area (Å²) >= 11 is 0. The highest BCUT2D eigenvalue weighted by Crippen LogP contribution is 2.25. The third kappa shape index (κ3) is 2.99. The second-order valence-electron chi connectivity index (χ2n) is 3.01. The van der Waals surface area contributed by atoms with Crippen molar-refractivity contribution in [2.24, 2.45) is 0 Å². The van der Waals surface area contributed by atoms with Crippen LogP contribution in [0.25, 0.3) is 0 Å². The Morgan fingerprint density at radius 3 is 2.50 bits per heavy atom. The largest absolute Gasteiger partial charge is 0.573 e. The number of methoxy groups -OCH3 is 1. The molecule has 0 aliphatic heterocycles. The summed E-state index contributed by atoms with van der Waals surface area (Å²) in [6.07, 6.45) is -4.42. The van der Waals surface area contributed by atoms with Gasteiger partial charge in [0.2, 0.25) is 5.75 Å². The molecule has 0 saturated heterocycles. The van der Waals surface area contributed by atoms with E-state index in [-0.39, 0.29) is 0 Å². The van der Waals surface area contributed by atoms with Gasteiger partial charge in [0.15, 0.2) is 0 Å². The van der Waals surface area contributed by atoms with Crippen molar-refractivity contribution in [2.75, 3.05) is 7.11 Å². The van der Waals surface area contributed by atoms with E-state index in [4.69, 9.17) is 0 Å². The Balaban J connectivity index is 3.40. The molecule has 0 unspecified atom stereocenters. The van der Waals surface area contributed by atoms with Crippen LogP contribution in [0.2, 0.25) is 0 Å². The van der Waals surface area contributed by atoms with Crippen LogP contribution in [0.5, 0.6) is 5.75 Å². The molecule has 1 N–H and O–H groups in total. The summed E-state index contributed by atoms with van der Waals surface area (Å²) in [4.78, 5) is 24.1. The predicted molar refractivity (Wildman–Crippen MR) is 49.9 cm³/mol. The van der Waals surface area contributed by atoms with Crippen molar-refractivity contribution >= 4 is 5.97 Å². The molecule has 5 nitrogen and oxygen atoms in total. The minimum atomic E-state index is -5.17. The van der Waals surface area contributed by atoms with Gasteiger partial charge >= 0.3 is 12.3 Å². The zero-order valence-corrected chi connectivity index (χ0v) is 8.93. The maximum Gasteiger partial charge on any atom is 0.573 e. The second kappa shape index (κ2) is 5.07. The van der Waals surface area contributed by atoms with Crippen LogP contribution in [0.1, 0.15) is 15.9 Å². The lowest BCUT2D eigenvalue weighted by Gasteiger charge is -2.12. The topological polar surface area (TPSA) is 68.4 Å². The van der Waals surface area contributed by atoms with E-state index in [1.54, 1.807) is 0 Å². The van der Waals surface area contributed by atoms with Gasteiger partial charge in [-0.3, -0.25) is 4.79 Å². The maximum absolute atomic E-state index is 12.7. The monoisotopic (exact) mass is 269 g/mol. The molecule has 0 aliphatic rings. The lowest BCUT2D eigenvalue weighted by Crippen LogP contribution is -2.25. The Kier molecular flexibility index (Phi) is 3.94. The smallest absolute Gasteiger partial charge is 0.465 e. The van der Waals surface area contributed by atoms with E-state index in [0.717, 1.165) is 13.3 Å². The number of esters is 1. The molecule has 0 amide bonds. The molecule has 1 heterocycles. The van der Waals surface area contributed by atoms with Crippen LogP contribution in [0, 0.1) is 0 Å². The molecule has 0 atom stereocenters. The van der Waals surface area contributed by atoms with Crippen molar-refractivity contribution in [2.45, 2.75) is 13.0 Å². The van der Waals surface area contributed by atoms with E-state index >= 15 is 0 Å². The second-order valence-corrected chi connectivity index (χ2v) is 3.01. The summed E-state index contributed by atoms with van der Waals surface area (Å²) in [5, 5.41) is 0. The number of rotatable bonds is 3. The highest BCUT2D eigenvalue weighted by Gasteiger charge is 2.34. The average Bonchev–Trinajstić information content (AvgIpc) is 2.29. The predicted octanol–water partition coefficient (Wildman–Crippen LogP) is 1.53. The molecule has 1 aromatic rings. The average molecular weight is 269 g/mol. The number of nitrogens with one attached hydrogen (secondary N) is 1. The zero-order valence-electron chi connectivity index (χ0n) is 8.93. The minimum Gasteiger partial charge on any atom is -0.465 e. The summed E-state index contributed by atoms with van der Waals surface area (Å²) in [6, 6.07) is 0. The van der Waals surface area contributed by atoms with Crippen molar-refractivity contribution in [3.05, 3.63) is 27.7 Å². The molecule has 0 spiro atoms. The van der Waals surface area contributed by atoms with Crippen molar-refractivity contribution in [3.8, 4) is 5.75 Å². The fraction of sp³-hybridized carbons (Fsp3) is 0.333. The van der Waals surface area contributed by atoms with E-state index in [9.17, 15) is 27.2 Å². The summed E-state index contributed by atoms with van der Waals surface area (Å²) in [6.45, 7) is -1.49. The Morgan fingerprint density at radius 1 is 1.44 bits per heavy atom. The van der Waals surface area contributed by atoms with Crippen LogP contribution in [0.15, 0.2) is 11.0 Å². The first-order chi connectivity index (χ1) is 8.30. The zero-order chi connectivity index (χ0) is 13.9. The highest BCUT2D eigenvalue weighted by atomic mass is 19.4. The van der Waals surface area contributed by atoms with Crippen molar-refractivity contribution < 1.29 is 31.8 Å². The number of aromatic amines is 1. The summed E-state index contributed by atoms with van der Waals surface area (Å²) in [7, 11) is 0.958. The number of halogens is 4. The molecule has 18 heavy (non-hydrogen) atoms. The number of carbonyl (C=O) groups is 1. The van der Waals surface area contributed by atoms with Gasteiger partial charge in [0, 0.05) is 11.8 Å². The van der Waals surface area contributed by atoms with Crippen LogP contribution < -0.4 is 10.3 Å². The number of H-pyrrole nitrogens is 1. The van der Waals surface area contributed by atoms with Crippen LogP contribution in [-0.2, 0) is 11.4 Å². The summed E-state index contributed by atoms with van der Waals surface area (Å²) in [5.41, 5.74) is -2.66. The first kappa shape index (κ1) is 14.0. The Hall–Kier alpha value is -2.06. The summed E-state index contributed by atoms with van der Waals surface area (Å²) < 4.78 is 56.4. The Morgan fingerprint density at radius 2 is 2.06 bits per heavy atom. The molecular weight excluding hydrogens is 262 g/mol. The Labute approximate surface area is 97.3 Å². The van der Waals surface area contributed by atoms with Gasteiger partial charge in [0.1, 0.15) is 6.67 Å². The highest BCUT2D eigenvalue weighted by molar-refractivity contribution is 5.91. The maximum atomic E-state index is 12.7. The normalized spacial score (nSPS) is 11.2. The van der Waals surface area contributed by atoms with Crippen molar-refractivity contribution in [1.82, 2.24) is 4.98 Å². The number of hydrogen-bond donors (Lipinski definition) is 1. The lowest BCUT2D eigenvalue weighted by molar-refractivity contribution is -0.275. The molecule has 1 aromatic heterocycles. The molecule has 1 rings (SSSR count). The molecule has 0 fully saturated rings. The standard InChI is InChI=1S/C9H7F4NO4/c1-17-8(16)5-3-14-7(15)6(4(5)2-10)18-9(11,12)13/h3H,2H2,1H3,(H,14,15). The van der Waals surface area contributed by atoms with Crippen LogP contribution in [-0.4, -0.2) is 24.4 Å². The SMILES string of the molecule is COC(=O)c1c[nH]c(=O)c(OC(F)(F)F)c1CF. The number of alkyl halides is 4. The van der Waals surface area contributed by atoms with E-state index in [1.165, 1.54) is 0 Å². The van der Waals surface area contributed by atoms with Crippen LogP contribution in [0.4, 0.5) is 17.6 Å². The number of aromatic nitrogens is 1. The van der Waals surface area contributed by atoms with Gasteiger partial charge in [-0.2, -0.15) is 0 Å². The fourth-order valence-corrected chi connectivity index (χ4v) is 1.20. The fourth-order valence-electron chi connectivity index (χ4n) is 1.20. The number of hydrogen-bond acceptors (Lipinski definition) is 4. The van der Waals surface area contributed by atoms with Gasteiger partial charge in [0.05, 0.1) is 12.7 Å². The van der Waals surface area contributed by atoms with Crippen molar-refractivity contribution in [1.29, 1.82) is 0 Å². The van der Waals surface area contributed by atoms with Gasteiger partial charge in [-0.05, 0) is 0 Å². The van der Waals surface area contributed by atoms with Gasteiger partial charge in [0.25, 0.3) is 5.56 Å². The van der Waals surface area contributed by atoms with Gasteiger partial charge in [-0.25, -0.2) is 9.18 Å². The van der Waals surface area contributed by atoms with Crippen molar-refractivity contribution in [3.63, 3.8) is 0 Å². The number of pyridine rings is 1. The first-order valence-corrected chi connectivity index (χ1v) is 4.44. The quantitative estimate of drug-likeness (QED) is 0.667. The molecule has 0 aliphatic carbocycles. The molecule has 0 radical (unpaired) electrons. The van der Waals surface area contributed by atoms with Gasteiger partial charge in [-0.15, -0.1) is 13.2 Å². The number of carbonyl (C=O) groups excluding carboxylic acids is 1. The van der Waals surface area contributed by atoms with Gasteiger partial charge in [-0.1, -0.05) is 0 Å². The van der Waals surface area contributed by atoms with E-state index in [1.807, 2.05) is 4.98 Å². The first-order valence-electron chi connectivity index (χ1n) is 4.44. The van der Waals surface area contributed by atoms with Gasteiger partial charge < -0.3 is 14.5 Å². The molecule has 0 aromatic carbocycles. The van der Waals surface area contributed by atoms with Crippen LogP contribution >= 0.6 is 0 Å². The molecule has 100 valence electrons. The third-order valence-electron chi connectivity index (χ3n) is 1.91. The molecule has 0 bridgehead atoms. The number of ether oxygens (including phenoxy) is 2. The molecule has 9 heteroatoms. The van der Waals surface area contributed by atoms with E-state index in [0.29, 0.717) is 0 Å². The lowest BCUT2D eigenvalue weighted by atomic mass is 10.1. The van der Waals surface area contributed by atoms with E-state index in [2.05, 4.69) is 9.47 Å². The minimum absolute atomic E-state index is 0.543. The molecule has 0 saturated carbocycles. The molecular formula is C9H7F4NO4. The van der Waals surface area contributed by atoms with Crippen LogP contribution in [0.3, 0.4) is 0 Å². The van der Waals surface area contributed by atoms with E-state index < -0.39 is 41.4 Å². The third-order valence-corrected chi connectivity index (χ3v) is 1.91. The summed E-state index contributed by atoms with van der Waals surface area (Å²) in [5.74, 6) is -2.40.